The minimum atomic E-state index is -1.25. The molecular weight excluding hydrogens is 228 g/mol. The molecule has 4 nitrogen and oxygen atoms in total. The summed E-state index contributed by atoms with van der Waals surface area (Å²) < 4.78 is 0. The molecule has 0 amide bonds. The molecule has 0 rings (SSSR count). The highest BCUT2D eigenvalue weighted by Gasteiger charge is 2.24. The molecule has 0 spiro atoms. The summed E-state index contributed by atoms with van der Waals surface area (Å²) in [6.45, 7) is 0. The number of aliphatic carboxylic acids is 2. The van der Waals surface area contributed by atoms with Gasteiger partial charge >= 0.3 is 11.9 Å². The smallest absolute Gasteiger partial charge is 0.317 e. The van der Waals surface area contributed by atoms with Gasteiger partial charge in [-0.05, 0) is 12.8 Å². The van der Waals surface area contributed by atoms with Crippen LogP contribution in [0.5, 0.6) is 0 Å². The van der Waals surface area contributed by atoms with Gasteiger partial charge in [0.2, 0.25) is 0 Å². The van der Waals surface area contributed by atoms with Gasteiger partial charge in [-0.25, -0.2) is 0 Å². The molecule has 0 aliphatic rings. The van der Waals surface area contributed by atoms with E-state index in [2.05, 4.69) is 15.9 Å². The highest BCUT2D eigenvalue weighted by Crippen LogP contribution is 2.09. The summed E-state index contributed by atoms with van der Waals surface area (Å²) >= 11 is 3.18. The molecule has 0 aliphatic carbocycles. The van der Waals surface area contributed by atoms with Crippen LogP contribution in [0, 0.1) is 5.92 Å². The normalized spacial score (nSPS) is 10.2. The quantitative estimate of drug-likeness (QED) is 0.416. The molecule has 0 saturated heterocycles. The van der Waals surface area contributed by atoms with Gasteiger partial charge in [0, 0.05) is 5.33 Å². The number of carboxylic acids is 2. The molecule has 0 radical (unpaired) electrons. The zero-order valence-electron chi connectivity index (χ0n) is 6.49. The Morgan fingerprint density at radius 3 is 2.00 bits per heavy atom. The maximum atomic E-state index is 10.3. The number of halogens is 1. The Labute approximate surface area is 78.7 Å². The van der Waals surface area contributed by atoms with Crippen LogP contribution in [-0.2, 0) is 9.59 Å². The SMILES string of the molecule is O=C(O)C(CCCCBr)C(=O)O. The lowest BCUT2D eigenvalue weighted by atomic mass is 10.0. The molecule has 5 heteroatoms. The number of carboxylic acid groups (broad SMARTS) is 2. The van der Waals surface area contributed by atoms with Crippen LogP contribution in [0.2, 0.25) is 0 Å². The van der Waals surface area contributed by atoms with Crippen LogP contribution < -0.4 is 0 Å². The third-order valence-electron chi connectivity index (χ3n) is 1.47. The van der Waals surface area contributed by atoms with Gasteiger partial charge in [0.1, 0.15) is 0 Å². The van der Waals surface area contributed by atoms with E-state index in [9.17, 15) is 9.59 Å². The molecule has 2 N–H and O–H groups in total. The lowest BCUT2D eigenvalue weighted by Crippen LogP contribution is -2.23. The van der Waals surface area contributed by atoms with Crippen molar-refractivity contribution in [3.63, 3.8) is 0 Å². The second kappa shape index (κ2) is 5.99. The maximum Gasteiger partial charge on any atom is 0.317 e. The summed E-state index contributed by atoms with van der Waals surface area (Å²) in [5.74, 6) is -3.75. The predicted octanol–water partition coefficient (Wildman–Crippen LogP) is 1.34. The fourth-order valence-corrected chi connectivity index (χ4v) is 1.19. The Morgan fingerprint density at radius 2 is 1.67 bits per heavy atom. The molecule has 0 aliphatic heterocycles. The summed E-state index contributed by atoms with van der Waals surface area (Å²) in [6.07, 6.45) is 1.63. The van der Waals surface area contributed by atoms with Gasteiger partial charge in [0.15, 0.2) is 5.92 Å². The summed E-state index contributed by atoms with van der Waals surface area (Å²) in [5.41, 5.74) is 0. The van der Waals surface area contributed by atoms with E-state index in [-0.39, 0.29) is 6.42 Å². The molecule has 0 heterocycles. The molecule has 0 aromatic carbocycles. The average Bonchev–Trinajstić information content (AvgIpc) is 1.96. The largest absolute Gasteiger partial charge is 0.481 e. The van der Waals surface area contributed by atoms with Gasteiger partial charge < -0.3 is 10.2 Å². The van der Waals surface area contributed by atoms with Crippen molar-refractivity contribution in [1.29, 1.82) is 0 Å². The minimum absolute atomic E-state index is 0.205. The number of carbonyl (C=O) groups is 2. The van der Waals surface area contributed by atoms with Crippen molar-refractivity contribution in [2.75, 3.05) is 5.33 Å². The van der Waals surface area contributed by atoms with Gasteiger partial charge in [-0.3, -0.25) is 9.59 Å². The maximum absolute atomic E-state index is 10.3. The highest BCUT2D eigenvalue weighted by atomic mass is 79.9. The highest BCUT2D eigenvalue weighted by molar-refractivity contribution is 9.09. The summed E-state index contributed by atoms with van der Waals surface area (Å²) in [6, 6.07) is 0. The first-order chi connectivity index (χ1) is 5.59. The lowest BCUT2D eigenvalue weighted by molar-refractivity contribution is -0.154. The van der Waals surface area contributed by atoms with Gasteiger partial charge in [0.05, 0.1) is 0 Å². The number of hydrogen-bond donors (Lipinski definition) is 2. The molecular formula is C7H11BrO4. The first-order valence-corrected chi connectivity index (χ1v) is 4.73. The first kappa shape index (κ1) is 11.4. The van der Waals surface area contributed by atoms with Crippen molar-refractivity contribution in [3.8, 4) is 0 Å². The van der Waals surface area contributed by atoms with E-state index in [1.54, 1.807) is 0 Å². The Morgan fingerprint density at radius 1 is 1.17 bits per heavy atom. The number of rotatable bonds is 6. The summed E-state index contributed by atoms with van der Waals surface area (Å²) in [5, 5.41) is 17.7. The fourth-order valence-electron chi connectivity index (χ4n) is 0.796. The van der Waals surface area contributed by atoms with Crippen LogP contribution in [-0.4, -0.2) is 27.5 Å². The monoisotopic (exact) mass is 238 g/mol. The zero-order valence-corrected chi connectivity index (χ0v) is 8.08. The molecule has 0 fully saturated rings. The third kappa shape index (κ3) is 4.33. The second-order valence-electron chi connectivity index (χ2n) is 2.41. The van der Waals surface area contributed by atoms with E-state index in [4.69, 9.17) is 10.2 Å². The summed E-state index contributed by atoms with van der Waals surface area (Å²) in [4.78, 5) is 20.7. The third-order valence-corrected chi connectivity index (χ3v) is 2.03. The fraction of sp³-hybridized carbons (Fsp3) is 0.714. The second-order valence-corrected chi connectivity index (χ2v) is 3.21. The number of hydrogen-bond acceptors (Lipinski definition) is 2. The van der Waals surface area contributed by atoms with Crippen molar-refractivity contribution in [1.82, 2.24) is 0 Å². The molecule has 0 atom stereocenters. The molecule has 0 saturated carbocycles. The Hall–Kier alpha value is -0.580. The van der Waals surface area contributed by atoms with Crippen LogP contribution in [0.3, 0.4) is 0 Å². The number of alkyl halides is 1. The van der Waals surface area contributed by atoms with Crippen molar-refractivity contribution < 1.29 is 19.8 Å². The Bertz CT molecular complexity index is 155. The van der Waals surface area contributed by atoms with Crippen LogP contribution in [0.25, 0.3) is 0 Å². The van der Waals surface area contributed by atoms with E-state index in [0.29, 0.717) is 6.42 Å². The van der Waals surface area contributed by atoms with Crippen LogP contribution in [0.1, 0.15) is 19.3 Å². The molecule has 0 aromatic heterocycles. The van der Waals surface area contributed by atoms with Crippen molar-refractivity contribution >= 4 is 27.9 Å². The minimum Gasteiger partial charge on any atom is -0.481 e. The zero-order chi connectivity index (χ0) is 9.56. The molecule has 12 heavy (non-hydrogen) atoms. The van der Waals surface area contributed by atoms with E-state index in [1.807, 2.05) is 0 Å². The van der Waals surface area contributed by atoms with Gasteiger partial charge in [0.25, 0.3) is 0 Å². The number of unbranched alkanes of at least 4 members (excludes halogenated alkanes) is 1. The van der Waals surface area contributed by atoms with Crippen LogP contribution in [0.15, 0.2) is 0 Å². The van der Waals surface area contributed by atoms with Crippen LogP contribution >= 0.6 is 15.9 Å². The molecule has 70 valence electrons. The topological polar surface area (TPSA) is 74.6 Å². The first-order valence-electron chi connectivity index (χ1n) is 3.61. The van der Waals surface area contributed by atoms with Crippen molar-refractivity contribution in [2.45, 2.75) is 19.3 Å². The van der Waals surface area contributed by atoms with Gasteiger partial charge in [-0.1, -0.05) is 22.4 Å². The average molecular weight is 239 g/mol. The van der Waals surface area contributed by atoms with E-state index in [1.165, 1.54) is 0 Å². The van der Waals surface area contributed by atoms with E-state index < -0.39 is 17.9 Å². The standard InChI is InChI=1S/C7H11BrO4/c8-4-2-1-3-5(6(9)10)7(11)12/h5H,1-4H2,(H,9,10)(H,11,12). The molecule has 0 unspecified atom stereocenters. The van der Waals surface area contributed by atoms with Crippen LogP contribution in [0.4, 0.5) is 0 Å². The predicted molar refractivity (Wildman–Crippen MR) is 46.4 cm³/mol. The summed E-state index contributed by atoms with van der Waals surface area (Å²) in [7, 11) is 0. The molecule has 0 bridgehead atoms. The van der Waals surface area contributed by atoms with Gasteiger partial charge in [-0.2, -0.15) is 0 Å². The van der Waals surface area contributed by atoms with E-state index >= 15 is 0 Å². The van der Waals surface area contributed by atoms with Gasteiger partial charge in [-0.15, -0.1) is 0 Å². The lowest BCUT2D eigenvalue weighted by Gasteiger charge is -2.05. The van der Waals surface area contributed by atoms with Crippen molar-refractivity contribution in [2.24, 2.45) is 5.92 Å². The Kier molecular flexibility index (Phi) is 5.70. The molecule has 0 aromatic rings. The van der Waals surface area contributed by atoms with E-state index in [0.717, 1.165) is 11.8 Å². The van der Waals surface area contributed by atoms with Crippen molar-refractivity contribution in [3.05, 3.63) is 0 Å². The Balaban J connectivity index is 3.80.